The third-order valence-corrected chi connectivity index (χ3v) is 3.54. The topological polar surface area (TPSA) is 58.9 Å². The van der Waals surface area contributed by atoms with Gasteiger partial charge in [0.15, 0.2) is 11.5 Å². The summed E-state index contributed by atoms with van der Waals surface area (Å²) in [4.78, 5) is 0.666. The highest BCUT2D eigenvalue weighted by molar-refractivity contribution is 7.80. The summed E-state index contributed by atoms with van der Waals surface area (Å²) in [7, 11) is 2.97. The molecule has 0 spiro atoms. The predicted molar refractivity (Wildman–Crippen MR) is 79.8 cm³/mol. The Morgan fingerprint density at radius 1 is 1.05 bits per heavy atom. The Labute approximate surface area is 123 Å². The van der Waals surface area contributed by atoms with Gasteiger partial charge in [0.25, 0.3) is 0 Å². The van der Waals surface area contributed by atoms with E-state index in [0.717, 1.165) is 0 Å². The Bertz CT molecular complexity index is 626. The number of ether oxygens (including phenoxy) is 2. The van der Waals surface area contributed by atoms with Crippen molar-refractivity contribution >= 4 is 12.6 Å². The standard InChI is InChI=1S/C15H16O4S/c1-18-12-7-6-10(14(17)15(12)19-2)9-4-3-5-13(20)11(9)8-16/h3-7,16-17,20H,8H2,1-2H3. The molecule has 4 nitrogen and oxygen atoms in total. The summed E-state index contributed by atoms with van der Waals surface area (Å²) in [5.74, 6) is 0.681. The van der Waals surface area contributed by atoms with Crippen LogP contribution in [-0.2, 0) is 6.61 Å². The molecule has 2 rings (SSSR count). The van der Waals surface area contributed by atoms with E-state index >= 15 is 0 Å². The van der Waals surface area contributed by atoms with Gasteiger partial charge in [-0.05, 0) is 29.3 Å². The number of phenols is 1. The zero-order valence-electron chi connectivity index (χ0n) is 11.3. The van der Waals surface area contributed by atoms with Crippen molar-refractivity contribution in [3.8, 4) is 28.4 Å². The Balaban J connectivity index is 2.68. The van der Waals surface area contributed by atoms with Crippen LogP contribution in [0.15, 0.2) is 35.2 Å². The van der Waals surface area contributed by atoms with Crippen LogP contribution in [0.25, 0.3) is 11.1 Å². The molecule has 0 atom stereocenters. The Morgan fingerprint density at radius 2 is 1.80 bits per heavy atom. The zero-order chi connectivity index (χ0) is 14.7. The Hall–Kier alpha value is -1.85. The molecule has 0 aromatic heterocycles. The molecule has 2 aromatic rings. The molecule has 0 aliphatic carbocycles. The number of rotatable bonds is 4. The van der Waals surface area contributed by atoms with Gasteiger partial charge in [-0.15, -0.1) is 12.6 Å². The van der Waals surface area contributed by atoms with E-state index in [2.05, 4.69) is 12.6 Å². The molecule has 0 amide bonds. The number of methoxy groups -OCH3 is 2. The molecule has 2 aromatic carbocycles. The molecular weight excluding hydrogens is 276 g/mol. The first-order valence-corrected chi connectivity index (χ1v) is 6.44. The third kappa shape index (κ3) is 2.42. The van der Waals surface area contributed by atoms with Gasteiger partial charge in [-0.3, -0.25) is 0 Å². The fourth-order valence-corrected chi connectivity index (χ4v) is 2.40. The molecular formula is C15H16O4S. The largest absolute Gasteiger partial charge is 0.504 e. The van der Waals surface area contributed by atoms with E-state index in [0.29, 0.717) is 27.3 Å². The summed E-state index contributed by atoms with van der Waals surface area (Å²) in [5.41, 5.74) is 1.92. The van der Waals surface area contributed by atoms with E-state index in [-0.39, 0.29) is 18.1 Å². The highest BCUT2D eigenvalue weighted by Gasteiger charge is 2.17. The Kier molecular flexibility index (Phi) is 4.42. The minimum absolute atomic E-state index is 0.0273. The lowest BCUT2D eigenvalue weighted by Gasteiger charge is -2.15. The molecule has 106 valence electrons. The van der Waals surface area contributed by atoms with Crippen molar-refractivity contribution in [3.05, 3.63) is 35.9 Å². The predicted octanol–water partition coefficient (Wildman–Crippen LogP) is 2.86. The zero-order valence-corrected chi connectivity index (χ0v) is 12.1. The second-order valence-electron chi connectivity index (χ2n) is 4.16. The number of benzene rings is 2. The van der Waals surface area contributed by atoms with Gasteiger partial charge < -0.3 is 19.7 Å². The minimum Gasteiger partial charge on any atom is -0.504 e. The van der Waals surface area contributed by atoms with E-state index in [1.807, 2.05) is 12.1 Å². The normalized spacial score (nSPS) is 10.4. The molecule has 0 unspecified atom stereocenters. The Morgan fingerprint density at radius 3 is 2.40 bits per heavy atom. The van der Waals surface area contributed by atoms with Crippen molar-refractivity contribution in [2.24, 2.45) is 0 Å². The number of aliphatic hydroxyl groups is 1. The quantitative estimate of drug-likeness (QED) is 0.758. The lowest BCUT2D eigenvalue weighted by Crippen LogP contribution is -1.95. The average Bonchev–Trinajstić information content (AvgIpc) is 2.46. The summed E-state index contributed by atoms with van der Waals surface area (Å²) in [6.07, 6.45) is 0. The molecule has 0 saturated heterocycles. The van der Waals surface area contributed by atoms with Crippen LogP contribution in [0.4, 0.5) is 0 Å². The maximum atomic E-state index is 10.4. The second kappa shape index (κ2) is 6.07. The summed E-state index contributed by atoms with van der Waals surface area (Å²) in [5, 5.41) is 19.8. The first-order valence-electron chi connectivity index (χ1n) is 6.00. The SMILES string of the molecule is COc1ccc(-c2cccc(S)c2CO)c(O)c1OC. The number of aromatic hydroxyl groups is 1. The number of phenolic OH excluding ortho intramolecular Hbond substituents is 1. The van der Waals surface area contributed by atoms with Gasteiger partial charge in [-0.25, -0.2) is 0 Å². The molecule has 20 heavy (non-hydrogen) atoms. The average molecular weight is 292 g/mol. The molecule has 0 radical (unpaired) electrons. The highest BCUT2D eigenvalue weighted by Crippen LogP contribution is 2.44. The molecule has 2 N–H and O–H groups in total. The van der Waals surface area contributed by atoms with Gasteiger partial charge >= 0.3 is 0 Å². The van der Waals surface area contributed by atoms with E-state index in [9.17, 15) is 10.2 Å². The first-order chi connectivity index (χ1) is 9.63. The third-order valence-electron chi connectivity index (χ3n) is 3.12. The van der Waals surface area contributed by atoms with Crippen LogP contribution in [-0.4, -0.2) is 24.4 Å². The number of aliphatic hydroxyl groups excluding tert-OH is 1. The van der Waals surface area contributed by atoms with Gasteiger partial charge in [0.05, 0.1) is 20.8 Å². The summed E-state index contributed by atoms with van der Waals surface area (Å²) in [6.45, 7) is -0.164. The smallest absolute Gasteiger partial charge is 0.203 e. The molecule has 0 aliphatic rings. The lowest BCUT2D eigenvalue weighted by molar-refractivity contribution is 0.279. The van der Waals surface area contributed by atoms with Gasteiger partial charge in [0.2, 0.25) is 5.75 Å². The van der Waals surface area contributed by atoms with E-state index < -0.39 is 0 Å². The van der Waals surface area contributed by atoms with Gasteiger partial charge in [-0.1, -0.05) is 12.1 Å². The van der Waals surface area contributed by atoms with E-state index in [1.54, 1.807) is 18.2 Å². The number of hydrogen-bond donors (Lipinski definition) is 3. The van der Waals surface area contributed by atoms with Crippen LogP contribution >= 0.6 is 12.6 Å². The van der Waals surface area contributed by atoms with Crippen LogP contribution < -0.4 is 9.47 Å². The second-order valence-corrected chi connectivity index (χ2v) is 4.64. The molecule has 5 heteroatoms. The fraction of sp³-hybridized carbons (Fsp3) is 0.200. The molecule has 0 fully saturated rings. The molecule has 0 heterocycles. The molecule has 0 saturated carbocycles. The van der Waals surface area contributed by atoms with Crippen LogP contribution in [0.1, 0.15) is 5.56 Å². The van der Waals surface area contributed by atoms with Gasteiger partial charge in [0.1, 0.15) is 0 Å². The minimum atomic E-state index is -0.164. The maximum Gasteiger partial charge on any atom is 0.203 e. The lowest BCUT2D eigenvalue weighted by atomic mass is 9.98. The number of hydrogen-bond acceptors (Lipinski definition) is 5. The van der Waals surface area contributed by atoms with E-state index in [1.165, 1.54) is 14.2 Å². The monoisotopic (exact) mass is 292 g/mol. The van der Waals surface area contributed by atoms with Gasteiger partial charge in [-0.2, -0.15) is 0 Å². The van der Waals surface area contributed by atoms with Crippen molar-refractivity contribution < 1.29 is 19.7 Å². The van der Waals surface area contributed by atoms with E-state index in [4.69, 9.17) is 9.47 Å². The molecule has 0 bridgehead atoms. The first kappa shape index (κ1) is 14.6. The number of thiol groups is 1. The fourth-order valence-electron chi connectivity index (χ4n) is 2.12. The van der Waals surface area contributed by atoms with Gasteiger partial charge in [0, 0.05) is 10.5 Å². The van der Waals surface area contributed by atoms with Crippen LogP contribution in [0.5, 0.6) is 17.2 Å². The van der Waals surface area contributed by atoms with Crippen LogP contribution in [0, 0.1) is 0 Å². The van der Waals surface area contributed by atoms with Crippen molar-refractivity contribution in [2.45, 2.75) is 11.5 Å². The van der Waals surface area contributed by atoms with Crippen molar-refractivity contribution in [1.29, 1.82) is 0 Å². The maximum absolute atomic E-state index is 10.4. The van der Waals surface area contributed by atoms with Crippen molar-refractivity contribution in [1.82, 2.24) is 0 Å². The van der Waals surface area contributed by atoms with Crippen molar-refractivity contribution in [2.75, 3.05) is 14.2 Å². The van der Waals surface area contributed by atoms with Crippen molar-refractivity contribution in [3.63, 3.8) is 0 Å². The van der Waals surface area contributed by atoms with Crippen LogP contribution in [0.3, 0.4) is 0 Å². The summed E-state index contributed by atoms with van der Waals surface area (Å²) < 4.78 is 10.3. The molecule has 0 aliphatic heterocycles. The summed E-state index contributed by atoms with van der Waals surface area (Å²) in [6, 6.07) is 8.84. The van der Waals surface area contributed by atoms with Crippen LogP contribution in [0.2, 0.25) is 0 Å². The summed E-state index contributed by atoms with van der Waals surface area (Å²) >= 11 is 4.32. The highest BCUT2D eigenvalue weighted by atomic mass is 32.1.